The maximum absolute atomic E-state index is 10.5. The summed E-state index contributed by atoms with van der Waals surface area (Å²) < 4.78 is 5.23. The molecule has 1 rings (SSSR count). The predicted molar refractivity (Wildman–Crippen MR) is 58.9 cm³/mol. The molecule has 0 heterocycles. The first-order valence-corrected chi connectivity index (χ1v) is 4.66. The Morgan fingerprint density at radius 3 is 2.57 bits per heavy atom. The second-order valence-corrected chi connectivity index (χ2v) is 2.26. The van der Waals surface area contributed by atoms with Crippen LogP contribution in [0.1, 0.15) is 24.2 Å². The summed E-state index contributed by atoms with van der Waals surface area (Å²) in [6.07, 6.45) is 2.42. The Kier molecular flexibility index (Phi) is 7.15. The van der Waals surface area contributed by atoms with Crippen LogP contribution in [0.3, 0.4) is 0 Å². The molecule has 0 bridgehead atoms. The van der Waals surface area contributed by atoms with E-state index in [4.69, 9.17) is 4.74 Å². The van der Waals surface area contributed by atoms with E-state index in [1.165, 1.54) is 0 Å². The Balaban J connectivity index is 0.000000791. The smallest absolute Gasteiger partial charge is 0.153 e. The van der Waals surface area contributed by atoms with Gasteiger partial charge in [0, 0.05) is 0 Å². The fraction of sp³-hybridized carbons (Fsp3) is 0.250. The Labute approximate surface area is 85.2 Å². The molecule has 2 heteroatoms. The summed E-state index contributed by atoms with van der Waals surface area (Å²) in [5.74, 6) is 0.604. The Morgan fingerprint density at radius 2 is 2.00 bits per heavy atom. The number of ether oxygens (including phenoxy) is 1. The van der Waals surface area contributed by atoms with E-state index in [0.29, 0.717) is 17.9 Å². The van der Waals surface area contributed by atoms with Crippen LogP contribution in [0.5, 0.6) is 5.75 Å². The zero-order valence-corrected chi connectivity index (χ0v) is 8.69. The molecule has 0 saturated heterocycles. The Morgan fingerprint density at radius 1 is 1.36 bits per heavy atom. The van der Waals surface area contributed by atoms with Crippen LogP contribution < -0.4 is 4.74 Å². The Bertz CT molecular complexity index is 279. The highest BCUT2D eigenvalue weighted by Gasteiger charge is 1.98. The van der Waals surface area contributed by atoms with Gasteiger partial charge in [0.05, 0.1) is 5.56 Å². The summed E-state index contributed by atoms with van der Waals surface area (Å²) in [7, 11) is 0. The van der Waals surface area contributed by atoms with E-state index in [-0.39, 0.29) is 0 Å². The molecule has 0 aliphatic rings. The first-order valence-electron chi connectivity index (χ1n) is 4.66. The number of carbonyl (C=O) groups is 1. The molecule has 2 nitrogen and oxygen atoms in total. The van der Waals surface area contributed by atoms with E-state index in [9.17, 15) is 4.79 Å². The molecule has 76 valence electrons. The van der Waals surface area contributed by atoms with Gasteiger partial charge in [0.15, 0.2) is 6.29 Å². The van der Waals surface area contributed by atoms with Crippen molar-refractivity contribution in [2.45, 2.75) is 13.8 Å². The normalized spacial score (nSPS) is 8.14. The minimum atomic E-state index is 0.421. The maximum atomic E-state index is 10.5. The van der Waals surface area contributed by atoms with Crippen molar-refractivity contribution in [3.63, 3.8) is 0 Å². The summed E-state index contributed by atoms with van der Waals surface area (Å²) in [6, 6.07) is 7.09. The molecule has 0 saturated carbocycles. The summed E-state index contributed by atoms with van der Waals surface area (Å²) in [5, 5.41) is 0. The maximum Gasteiger partial charge on any atom is 0.153 e. The lowest BCUT2D eigenvalue weighted by atomic mass is 10.2. The summed E-state index contributed by atoms with van der Waals surface area (Å²) in [4.78, 5) is 10.5. The van der Waals surface area contributed by atoms with Crippen molar-refractivity contribution in [1.29, 1.82) is 0 Å². The molecular weight excluding hydrogens is 176 g/mol. The first kappa shape index (κ1) is 12.4. The van der Waals surface area contributed by atoms with Gasteiger partial charge in [0.1, 0.15) is 12.4 Å². The van der Waals surface area contributed by atoms with Crippen molar-refractivity contribution < 1.29 is 9.53 Å². The van der Waals surface area contributed by atoms with E-state index >= 15 is 0 Å². The number of aldehydes is 1. The third kappa shape index (κ3) is 3.90. The third-order valence-electron chi connectivity index (χ3n) is 1.40. The van der Waals surface area contributed by atoms with Crippen molar-refractivity contribution in [3.05, 3.63) is 42.5 Å². The van der Waals surface area contributed by atoms with Crippen LogP contribution in [-0.4, -0.2) is 12.9 Å². The van der Waals surface area contributed by atoms with Crippen molar-refractivity contribution >= 4 is 6.29 Å². The van der Waals surface area contributed by atoms with Crippen LogP contribution in [0.4, 0.5) is 0 Å². The fourth-order valence-corrected chi connectivity index (χ4v) is 0.858. The quantitative estimate of drug-likeness (QED) is 0.541. The zero-order valence-electron chi connectivity index (χ0n) is 8.69. The van der Waals surface area contributed by atoms with E-state index in [1.807, 2.05) is 19.9 Å². The van der Waals surface area contributed by atoms with Crippen LogP contribution in [0, 0.1) is 0 Å². The molecule has 0 amide bonds. The average Bonchev–Trinajstić information content (AvgIpc) is 2.29. The predicted octanol–water partition coefficient (Wildman–Crippen LogP) is 3.09. The molecule has 1 aromatic carbocycles. The molecule has 0 radical (unpaired) electrons. The molecule has 0 unspecified atom stereocenters. The molecule has 0 aliphatic heterocycles. The monoisotopic (exact) mass is 192 g/mol. The highest BCUT2D eigenvalue weighted by molar-refractivity contribution is 5.79. The van der Waals surface area contributed by atoms with Gasteiger partial charge in [-0.05, 0) is 12.1 Å². The van der Waals surface area contributed by atoms with Crippen LogP contribution in [-0.2, 0) is 0 Å². The molecule has 0 aliphatic carbocycles. The topological polar surface area (TPSA) is 26.3 Å². The fourth-order valence-electron chi connectivity index (χ4n) is 0.858. The van der Waals surface area contributed by atoms with Crippen molar-refractivity contribution in [2.24, 2.45) is 0 Å². The minimum Gasteiger partial charge on any atom is -0.489 e. The zero-order chi connectivity index (χ0) is 10.8. The molecule has 0 fully saturated rings. The van der Waals surface area contributed by atoms with Gasteiger partial charge in [0.25, 0.3) is 0 Å². The highest BCUT2D eigenvalue weighted by Crippen LogP contribution is 2.14. The van der Waals surface area contributed by atoms with Crippen LogP contribution in [0.2, 0.25) is 0 Å². The van der Waals surface area contributed by atoms with Crippen molar-refractivity contribution in [1.82, 2.24) is 0 Å². The second-order valence-electron chi connectivity index (χ2n) is 2.26. The largest absolute Gasteiger partial charge is 0.489 e. The number of benzene rings is 1. The summed E-state index contributed by atoms with van der Waals surface area (Å²) in [5.41, 5.74) is 0.569. The van der Waals surface area contributed by atoms with Gasteiger partial charge in [-0.15, -0.1) is 0 Å². The lowest BCUT2D eigenvalue weighted by molar-refractivity contribution is 0.112. The molecule has 14 heavy (non-hydrogen) atoms. The first-order chi connectivity index (χ1) is 6.88. The third-order valence-corrected chi connectivity index (χ3v) is 1.40. The van der Waals surface area contributed by atoms with Gasteiger partial charge in [-0.25, -0.2) is 0 Å². The molecule has 0 spiro atoms. The molecule has 0 N–H and O–H groups in total. The van der Waals surface area contributed by atoms with Crippen LogP contribution >= 0.6 is 0 Å². The van der Waals surface area contributed by atoms with Gasteiger partial charge < -0.3 is 4.74 Å². The number of rotatable bonds is 4. The highest BCUT2D eigenvalue weighted by atomic mass is 16.5. The standard InChI is InChI=1S/C10H10O2.C2H6/c1-2-7-12-10-6-4-3-5-9(10)8-11;1-2/h2-6,8H,1,7H2;1-2H3. The lowest BCUT2D eigenvalue weighted by Crippen LogP contribution is -1.95. The van der Waals surface area contributed by atoms with E-state index in [1.54, 1.807) is 24.3 Å². The van der Waals surface area contributed by atoms with Crippen molar-refractivity contribution in [2.75, 3.05) is 6.61 Å². The van der Waals surface area contributed by atoms with E-state index < -0.39 is 0 Å². The Hall–Kier alpha value is -1.57. The van der Waals surface area contributed by atoms with Gasteiger partial charge in [-0.1, -0.05) is 38.6 Å². The van der Waals surface area contributed by atoms with Crippen LogP contribution in [0.15, 0.2) is 36.9 Å². The molecule has 0 aromatic heterocycles. The van der Waals surface area contributed by atoms with E-state index in [0.717, 1.165) is 6.29 Å². The number of carbonyl (C=O) groups excluding carboxylic acids is 1. The van der Waals surface area contributed by atoms with Gasteiger partial charge in [0.2, 0.25) is 0 Å². The lowest BCUT2D eigenvalue weighted by Gasteiger charge is -2.04. The SMILES string of the molecule is C=CCOc1ccccc1C=O.CC. The van der Waals surface area contributed by atoms with Crippen LogP contribution in [0.25, 0.3) is 0 Å². The molecule has 1 aromatic rings. The number of hydrogen-bond acceptors (Lipinski definition) is 2. The summed E-state index contributed by atoms with van der Waals surface area (Å²) in [6.45, 7) is 7.94. The number of hydrogen-bond donors (Lipinski definition) is 0. The molecule has 0 atom stereocenters. The molecular formula is C12H16O2. The minimum absolute atomic E-state index is 0.421. The van der Waals surface area contributed by atoms with E-state index in [2.05, 4.69) is 6.58 Å². The number of para-hydroxylation sites is 1. The summed E-state index contributed by atoms with van der Waals surface area (Å²) >= 11 is 0. The van der Waals surface area contributed by atoms with Crippen molar-refractivity contribution in [3.8, 4) is 5.75 Å². The van der Waals surface area contributed by atoms with Gasteiger partial charge in [-0.2, -0.15) is 0 Å². The van der Waals surface area contributed by atoms with Gasteiger partial charge in [-0.3, -0.25) is 4.79 Å². The van der Waals surface area contributed by atoms with Gasteiger partial charge >= 0.3 is 0 Å². The average molecular weight is 192 g/mol. The second kappa shape index (κ2) is 8.05.